The lowest BCUT2D eigenvalue weighted by Gasteiger charge is -2.38. The molecule has 13 heavy (non-hydrogen) atoms. The third kappa shape index (κ3) is 2.44. The van der Waals surface area contributed by atoms with Gasteiger partial charge in [-0.1, -0.05) is 20.8 Å². The number of carbonyl (C=O) groups is 1. The first-order chi connectivity index (χ1) is 5.93. The van der Waals surface area contributed by atoms with Gasteiger partial charge in [0.2, 0.25) is 0 Å². The number of carboxylic acid groups (broad SMARTS) is 1. The van der Waals surface area contributed by atoms with Crippen LogP contribution >= 0.6 is 0 Å². The summed E-state index contributed by atoms with van der Waals surface area (Å²) in [5.74, 6) is -1.05. The van der Waals surface area contributed by atoms with E-state index in [-0.39, 0.29) is 17.4 Å². The normalized spacial score (nSPS) is 30.1. The summed E-state index contributed by atoms with van der Waals surface area (Å²) in [6, 6.07) is 0. The van der Waals surface area contributed by atoms with Crippen LogP contribution in [0.2, 0.25) is 0 Å². The van der Waals surface area contributed by atoms with Gasteiger partial charge in [-0.2, -0.15) is 0 Å². The molecule has 0 aliphatic carbocycles. The summed E-state index contributed by atoms with van der Waals surface area (Å²) in [6.45, 7) is 6.78. The maximum absolute atomic E-state index is 10.9. The van der Waals surface area contributed by atoms with E-state index in [9.17, 15) is 4.79 Å². The molecule has 1 aliphatic heterocycles. The zero-order valence-electron chi connectivity index (χ0n) is 8.54. The summed E-state index contributed by atoms with van der Waals surface area (Å²) >= 11 is 0. The second-order valence-corrected chi connectivity index (χ2v) is 4.74. The summed E-state index contributed by atoms with van der Waals surface area (Å²) in [6.07, 6.45) is 1.47. The van der Waals surface area contributed by atoms with Gasteiger partial charge >= 0.3 is 5.97 Å². The Bertz CT molecular complexity index is 193. The highest BCUT2D eigenvalue weighted by atomic mass is 16.5. The summed E-state index contributed by atoms with van der Waals surface area (Å²) in [5.41, 5.74) is -0.0799. The number of rotatable bonds is 1. The van der Waals surface area contributed by atoms with Crippen LogP contribution in [0.25, 0.3) is 0 Å². The Labute approximate surface area is 79.1 Å². The molecule has 0 spiro atoms. The lowest BCUT2D eigenvalue weighted by atomic mass is 9.78. The van der Waals surface area contributed by atoms with Crippen molar-refractivity contribution in [2.24, 2.45) is 11.3 Å². The highest BCUT2D eigenvalue weighted by molar-refractivity contribution is 5.71. The molecule has 0 radical (unpaired) electrons. The lowest BCUT2D eigenvalue weighted by Crippen LogP contribution is -2.43. The number of carboxylic acids is 1. The molecule has 76 valence electrons. The Balaban J connectivity index is 2.73. The molecule has 1 aliphatic rings. The molecular weight excluding hydrogens is 168 g/mol. The molecule has 3 heteroatoms. The number of hydrogen-bond acceptors (Lipinski definition) is 2. The average Bonchev–Trinajstić information content (AvgIpc) is 2.03. The molecule has 1 saturated heterocycles. The van der Waals surface area contributed by atoms with Crippen LogP contribution in [0.15, 0.2) is 0 Å². The van der Waals surface area contributed by atoms with Gasteiger partial charge in [-0.15, -0.1) is 0 Å². The van der Waals surface area contributed by atoms with Crippen molar-refractivity contribution < 1.29 is 14.6 Å². The second-order valence-electron chi connectivity index (χ2n) is 4.74. The van der Waals surface area contributed by atoms with Crippen LogP contribution in [-0.2, 0) is 9.53 Å². The van der Waals surface area contributed by atoms with Crippen molar-refractivity contribution in [1.29, 1.82) is 0 Å². The molecule has 1 N–H and O–H groups in total. The van der Waals surface area contributed by atoms with Crippen molar-refractivity contribution >= 4 is 5.97 Å². The van der Waals surface area contributed by atoms with Gasteiger partial charge in [-0.3, -0.25) is 4.79 Å². The summed E-state index contributed by atoms with van der Waals surface area (Å²) in [4.78, 5) is 10.9. The van der Waals surface area contributed by atoms with E-state index in [1.54, 1.807) is 0 Å². The minimum Gasteiger partial charge on any atom is -0.481 e. The smallest absolute Gasteiger partial charge is 0.309 e. The summed E-state index contributed by atoms with van der Waals surface area (Å²) in [7, 11) is 0. The Kier molecular flexibility index (Phi) is 2.96. The topological polar surface area (TPSA) is 46.5 Å². The first kappa shape index (κ1) is 10.5. The molecule has 0 aromatic heterocycles. The Morgan fingerprint density at radius 2 is 2.08 bits per heavy atom. The highest BCUT2D eigenvalue weighted by Gasteiger charge is 2.39. The lowest BCUT2D eigenvalue weighted by molar-refractivity contribution is -0.158. The molecular formula is C10H18O3. The first-order valence-corrected chi connectivity index (χ1v) is 4.77. The summed E-state index contributed by atoms with van der Waals surface area (Å²) in [5, 5.41) is 8.99. The SMILES string of the molecule is CC(C)(C)[C@@H]1OCCC[C@@H]1C(=O)O. The van der Waals surface area contributed by atoms with Crippen molar-refractivity contribution in [2.45, 2.75) is 39.7 Å². The van der Waals surface area contributed by atoms with Gasteiger partial charge in [0, 0.05) is 6.61 Å². The predicted octanol–water partition coefficient (Wildman–Crippen LogP) is 1.91. The predicted molar refractivity (Wildman–Crippen MR) is 49.6 cm³/mol. The first-order valence-electron chi connectivity index (χ1n) is 4.77. The fourth-order valence-electron chi connectivity index (χ4n) is 1.89. The molecule has 0 amide bonds. The van der Waals surface area contributed by atoms with Gasteiger partial charge in [0.05, 0.1) is 12.0 Å². The van der Waals surface area contributed by atoms with Crippen LogP contribution in [0.4, 0.5) is 0 Å². The van der Waals surface area contributed by atoms with Crippen LogP contribution in [0, 0.1) is 11.3 Å². The largest absolute Gasteiger partial charge is 0.481 e. The van der Waals surface area contributed by atoms with Gasteiger partial charge in [-0.05, 0) is 18.3 Å². The van der Waals surface area contributed by atoms with Crippen molar-refractivity contribution in [3.8, 4) is 0 Å². The van der Waals surface area contributed by atoms with Crippen molar-refractivity contribution in [3.63, 3.8) is 0 Å². The second kappa shape index (κ2) is 3.66. The fourth-order valence-corrected chi connectivity index (χ4v) is 1.89. The maximum Gasteiger partial charge on any atom is 0.309 e. The maximum atomic E-state index is 10.9. The van der Waals surface area contributed by atoms with E-state index in [4.69, 9.17) is 9.84 Å². The summed E-state index contributed by atoms with van der Waals surface area (Å²) < 4.78 is 5.54. The Morgan fingerprint density at radius 1 is 1.46 bits per heavy atom. The molecule has 2 atom stereocenters. The zero-order chi connectivity index (χ0) is 10.1. The third-order valence-corrected chi connectivity index (χ3v) is 2.49. The van der Waals surface area contributed by atoms with Crippen molar-refractivity contribution in [3.05, 3.63) is 0 Å². The van der Waals surface area contributed by atoms with Gasteiger partial charge in [-0.25, -0.2) is 0 Å². The van der Waals surface area contributed by atoms with Gasteiger partial charge in [0.15, 0.2) is 0 Å². The zero-order valence-corrected chi connectivity index (χ0v) is 8.54. The van der Waals surface area contributed by atoms with E-state index >= 15 is 0 Å². The average molecular weight is 186 g/mol. The molecule has 1 rings (SSSR count). The molecule has 1 heterocycles. The van der Waals surface area contributed by atoms with Gasteiger partial charge in [0.25, 0.3) is 0 Å². The van der Waals surface area contributed by atoms with Crippen molar-refractivity contribution in [2.75, 3.05) is 6.61 Å². The highest BCUT2D eigenvalue weighted by Crippen LogP contribution is 2.33. The number of aliphatic carboxylic acids is 1. The van der Waals surface area contributed by atoms with Gasteiger partial charge in [0.1, 0.15) is 0 Å². The monoisotopic (exact) mass is 186 g/mol. The Hall–Kier alpha value is -0.570. The minimum absolute atomic E-state index is 0.0799. The van der Waals surface area contributed by atoms with E-state index < -0.39 is 5.97 Å². The Morgan fingerprint density at radius 3 is 2.46 bits per heavy atom. The standard InChI is InChI=1S/C10H18O3/c1-10(2,3)8-7(9(11)12)5-4-6-13-8/h7-8H,4-6H2,1-3H3,(H,11,12)/t7-,8+/m0/s1. The van der Waals surface area contributed by atoms with E-state index in [1.165, 1.54) is 0 Å². The molecule has 0 aromatic carbocycles. The van der Waals surface area contributed by atoms with Gasteiger partial charge < -0.3 is 9.84 Å². The fraction of sp³-hybridized carbons (Fsp3) is 0.900. The number of ether oxygens (including phenoxy) is 1. The quantitative estimate of drug-likeness (QED) is 0.680. The van der Waals surface area contributed by atoms with Crippen molar-refractivity contribution in [1.82, 2.24) is 0 Å². The molecule has 0 unspecified atom stereocenters. The van der Waals surface area contributed by atoms with Crippen LogP contribution < -0.4 is 0 Å². The van der Waals surface area contributed by atoms with E-state index in [2.05, 4.69) is 0 Å². The van der Waals surface area contributed by atoms with E-state index in [0.717, 1.165) is 12.8 Å². The van der Waals surface area contributed by atoms with Crippen LogP contribution in [0.1, 0.15) is 33.6 Å². The molecule has 0 aromatic rings. The minimum atomic E-state index is -0.723. The molecule has 1 fully saturated rings. The third-order valence-electron chi connectivity index (χ3n) is 2.49. The number of hydrogen-bond donors (Lipinski definition) is 1. The van der Waals surface area contributed by atoms with Crippen LogP contribution in [0.3, 0.4) is 0 Å². The van der Waals surface area contributed by atoms with E-state index in [0.29, 0.717) is 6.61 Å². The van der Waals surface area contributed by atoms with Crippen LogP contribution in [0.5, 0.6) is 0 Å². The molecule has 3 nitrogen and oxygen atoms in total. The molecule has 0 saturated carbocycles. The molecule has 0 bridgehead atoms. The van der Waals surface area contributed by atoms with Crippen LogP contribution in [-0.4, -0.2) is 23.8 Å². The van der Waals surface area contributed by atoms with E-state index in [1.807, 2.05) is 20.8 Å².